The van der Waals surface area contributed by atoms with Crippen molar-refractivity contribution < 1.29 is 4.79 Å². The van der Waals surface area contributed by atoms with Gasteiger partial charge in [0, 0.05) is 35.5 Å². The third-order valence-electron chi connectivity index (χ3n) is 4.29. The first-order valence-corrected chi connectivity index (χ1v) is 8.90. The number of nitrogens with one attached hydrogen (secondary N) is 2. The molecule has 0 fully saturated rings. The van der Waals surface area contributed by atoms with E-state index >= 15 is 0 Å². The summed E-state index contributed by atoms with van der Waals surface area (Å²) in [5, 5.41) is 10.9. The Hall–Kier alpha value is -3.54. The number of anilines is 1. The summed E-state index contributed by atoms with van der Waals surface area (Å²) in [6.07, 6.45) is 4.78. The standard InChI is InChI=1S/C21H19N5O/c1-2-5-21(27)24-14-7-8-15-16(17-6-3-4-10-22-17)13-20(25-19(15)12-14)18-9-11-23-26-18/h3-4,6-13H,2,5H2,1H3,(H,23,26)(H,24,27). The molecule has 0 saturated carbocycles. The van der Waals surface area contributed by atoms with Gasteiger partial charge in [-0.2, -0.15) is 5.10 Å². The number of hydrogen-bond donors (Lipinski definition) is 2. The Bertz CT molecular complexity index is 1070. The van der Waals surface area contributed by atoms with E-state index in [0.29, 0.717) is 6.42 Å². The molecule has 0 aliphatic rings. The van der Waals surface area contributed by atoms with Gasteiger partial charge in [-0.25, -0.2) is 4.98 Å². The minimum atomic E-state index is 0.00604. The number of aromatic amines is 1. The number of carbonyl (C=O) groups is 1. The topological polar surface area (TPSA) is 83.6 Å². The van der Waals surface area contributed by atoms with E-state index in [-0.39, 0.29) is 5.91 Å². The summed E-state index contributed by atoms with van der Waals surface area (Å²) in [5.41, 5.74) is 4.98. The number of fused-ring (bicyclic) bond motifs is 1. The molecule has 0 saturated heterocycles. The van der Waals surface area contributed by atoms with Crippen LogP contribution in [0.2, 0.25) is 0 Å². The van der Waals surface area contributed by atoms with Crippen molar-refractivity contribution in [1.29, 1.82) is 0 Å². The van der Waals surface area contributed by atoms with Crippen molar-refractivity contribution in [2.24, 2.45) is 0 Å². The van der Waals surface area contributed by atoms with Crippen molar-refractivity contribution in [3.05, 3.63) is 60.9 Å². The lowest BCUT2D eigenvalue weighted by atomic mass is 10.0. The SMILES string of the molecule is CCCC(=O)Nc1ccc2c(-c3ccccn3)cc(-c3ccn[nH]3)nc2c1. The number of benzene rings is 1. The average Bonchev–Trinajstić information content (AvgIpc) is 3.22. The Balaban J connectivity index is 1.86. The first-order valence-electron chi connectivity index (χ1n) is 8.90. The zero-order valence-corrected chi connectivity index (χ0v) is 14.9. The molecule has 0 radical (unpaired) electrons. The molecular weight excluding hydrogens is 338 g/mol. The van der Waals surface area contributed by atoms with Crippen molar-refractivity contribution >= 4 is 22.5 Å². The highest BCUT2D eigenvalue weighted by molar-refractivity contribution is 5.99. The van der Waals surface area contributed by atoms with Crippen LogP contribution in [0.15, 0.2) is 60.9 Å². The van der Waals surface area contributed by atoms with Crippen molar-refractivity contribution in [3.63, 3.8) is 0 Å². The van der Waals surface area contributed by atoms with Crippen LogP contribution in [0.1, 0.15) is 19.8 Å². The smallest absolute Gasteiger partial charge is 0.224 e. The molecule has 4 rings (SSSR count). The number of pyridine rings is 2. The van der Waals surface area contributed by atoms with E-state index in [1.54, 1.807) is 12.4 Å². The van der Waals surface area contributed by atoms with Crippen LogP contribution < -0.4 is 5.32 Å². The molecule has 6 heteroatoms. The molecule has 0 aliphatic carbocycles. The van der Waals surface area contributed by atoms with Gasteiger partial charge in [-0.15, -0.1) is 0 Å². The lowest BCUT2D eigenvalue weighted by molar-refractivity contribution is -0.116. The number of hydrogen-bond acceptors (Lipinski definition) is 4. The molecule has 0 aliphatic heterocycles. The summed E-state index contributed by atoms with van der Waals surface area (Å²) >= 11 is 0. The number of carbonyl (C=O) groups excluding carboxylic acids is 1. The number of amides is 1. The highest BCUT2D eigenvalue weighted by Crippen LogP contribution is 2.31. The average molecular weight is 357 g/mol. The highest BCUT2D eigenvalue weighted by Gasteiger charge is 2.12. The normalized spacial score (nSPS) is 10.9. The molecule has 4 aromatic rings. The van der Waals surface area contributed by atoms with E-state index in [2.05, 4.69) is 20.5 Å². The maximum Gasteiger partial charge on any atom is 0.224 e. The van der Waals surface area contributed by atoms with Gasteiger partial charge in [0.1, 0.15) is 0 Å². The molecule has 0 bridgehead atoms. The van der Waals surface area contributed by atoms with Gasteiger partial charge in [-0.1, -0.05) is 19.1 Å². The van der Waals surface area contributed by atoms with Gasteiger partial charge in [0.25, 0.3) is 0 Å². The summed E-state index contributed by atoms with van der Waals surface area (Å²) in [4.78, 5) is 21.2. The van der Waals surface area contributed by atoms with E-state index in [1.165, 1.54) is 0 Å². The van der Waals surface area contributed by atoms with E-state index in [0.717, 1.165) is 45.7 Å². The predicted molar refractivity (Wildman–Crippen MR) is 106 cm³/mol. The molecule has 0 atom stereocenters. The van der Waals surface area contributed by atoms with Crippen LogP contribution in [-0.2, 0) is 4.79 Å². The van der Waals surface area contributed by atoms with Crippen LogP contribution in [0, 0.1) is 0 Å². The van der Waals surface area contributed by atoms with E-state index in [4.69, 9.17) is 4.98 Å². The second-order valence-electron chi connectivity index (χ2n) is 6.27. The first kappa shape index (κ1) is 16.9. The maximum atomic E-state index is 11.9. The van der Waals surface area contributed by atoms with Gasteiger partial charge >= 0.3 is 0 Å². The zero-order valence-electron chi connectivity index (χ0n) is 14.9. The van der Waals surface area contributed by atoms with Crippen LogP contribution in [0.4, 0.5) is 5.69 Å². The van der Waals surface area contributed by atoms with Gasteiger partial charge in [0.15, 0.2) is 0 Å². The molecule has 3 aromatic heterocycles. The fourth-order valence-corrected chi connectivity index (χ4v) is 3.03. The molecular formula is C21H19N5O. The molecule has 27 heavy (non-hydrogen) atoms. The van der Waals surface area contributed by atoms with E-state index in [9.17, 15) is 4.79 Å². The van der Waals surface area contributed by atoms with Crippen LogP contribution in [0.3, 0.4) is 0 Å². The monoisotopic (exact) mass is 357 g/mol. The van der Waals surface area contributed by atoms with Crippen molar-refractivity contribution in [3.8, 4) is 22.6 Å². The lowest BCUT2D eigenvalue weighted by Crippen LogP contribution is -2.10. The fourth-order valence-electron chi connectivity index (χ4n) is 3.03. The highest BCUT2D eigenvalue weighted by atomic mass is 16.1. The lowest BCUT2D eigenvalue weighted by Gasteiger charge is -2.11. The molecule has 1 aromatic carbocycles. The maximum absolute atomic E-state index is 11.9. The molecule has 1 amide bonds. The fraction of sp³-hybridized carbons (Fsp3) is 0.143. The largest absolute Gasteiger partial charge is 0.326 e. The molecule has 3 heterocycles. The van der Waals surface area contributed by atoms with Gasteiger partial charge in [-0.3, -0.25) is 14.9 Å². The minimum absolute atomic E-state index is 0.00604. The van der Waals surface area contributed by atoms with E-state index < -0.39 is 0 Å². The molecule has 0 unspecified atom stereocenters. The first-order chi connectivity index (χ1) is 13.2. The van der Waals surface area contributed by atoms with Gasteiger partial charge in [0.2, 0.25) is 5.91 Å². The molecule has 0 spiro atoms. The van der Waals surface area contributed by atoms with Crippen LogP contribution in [0.25, 0.3) is 33.5 Å². The zero-order chi connectivity index (χ0) is 18.6. The number of rotatable bonds is 5. The number of H-pyrrole nitrogens is 1. The Morgan fingerprint density at radius 2 is 2.00 bits per heavy atom. The quantitative estimate of drug-likeness (QED) is 0.553. The summed E-state index contributed by atoms with van der Waals surface area (Å²) in [6, 6.07) is 15.5. The molecule has 6 nitrogen and oxygen atoms in total. The van der Waals surface area contributed by atoms with Gasteiger partial charge in [-0.05, 0) is 42.8 Å². The Kier molecular flexibility index (Phi) is 4.61. The summed E-state index contributed by atoms with van der Waals surface area (Å²) in [7, 11) is 0. The minimum Gasteiger partial charge on any atom is -0.326 e. The van der Waals surface area contributed by atoms with Crippen molar-refractivity contribution in [1.82, 2.24) is 20.2 Å². The summed E-state index contributed by atoms with van der Waals surface area (Å²) in [6.45, 7) is 1.98. The summed E-state index contributed by atoms with van der Waals surface area (Å²) in [5.74, 6) is 0.00604. The number of aromatic nitrogens is 4. The Morgan fingerprint density at radius 1 is 1.07 bits per heavy atom. The predicted octanol–water partition coefficient (Wildman–Crippen LogP) is 4.43. The molecule has 134 valence electrons. The van der Waals surface area contributed by atoms with Gasteiger partial charge < -0.3 is 5.32 Å². The third kappa shape index (κ3) is 3.55. The molecule has 2 N–H and O–H groups in total. The van der Waals surface area contributed by atoms with Crippen molar-refractivity contribution in [2.45, 2.75) is 19.8 Å². The summed E-state index contributed by atoms with van der Waals surface area (Å²) < 4.78 is 0. The van der Waals surface area contributed by atoms with Crippen LogP contribution in [-0.4, -0.2) is 26.1 Å². The van der Waals surface area contributed by atoms with Gasteiger partial charge in [0.05, 0.1) is 22.6 Å². The number of nitrogens with zero attached hydrogens (tertiary/aromatic N) is 3. The van der Waals surface area contributed by atoms with E-state index in [1.807, 2.05) is 55.5 Å². The van der Waals surface area contributed by atoms with Crippen LogP contribution >= 0.6 is 0 Å². The second-order valence-corrected chi connectivity index (χ2v) is 6.27. The third-order valence-corrected chi connectivity index (χ3v) is 4.29. The Labute approximate surface area is 156 Å². The van der Waals surface area contributed by atoms with Crippen molar-refractivity contribution in [2.75, 3.05) is 5.32 Å². The van der Waals surface area contributed by atoms with Crippen LogP contribution in [0.5, 0.6) is 0 Å². The Morgan fingerprint density at radius 3 is 2.74 bits per heavy atom. The second kappa shape index (κ2) is 7.37.